The highest BCUT2D eigenvalue weighted by atomic mass is 16.7. The number of carbonyl (C=O) groups is 1. The zero-order valence-corrected chi connectivity index (χ0v) is 16.0. The number of rotatable bonds is 2. The highest BCUT2D eigenvalue weighted by Gasteiger charge is 2.54. The van der Waals surface area contributed by atoms with Gasteiger partial charge in [-0.15, -0.1) is 0 Å². The van der Waals surface area contributed by atoms with E-state index < -0.39 is 0 Å². The van der Waals surface area contributed by atoms with Gasteiger partial charge in [0.25, 0.3) is 5.91 Å². The minimum absolute atomic E-state index is 0.111. The standard InChI is InChI=1S/C21H24N4O3/c1-23-10-15(9-22-23)21(26)25-11-16(14-2-3-17-18(8-14)28-12-27-17)20-19(25)13-4-6-24(20)7-5-13/h2-3,8-10,13,16,19-20H,4-7,11-12H2,1H3/t16-,19+,20+/m1/s1. The predicted octanol–water partition coefficient (Wildman–Crippen LogP) is 1.85. The van der Waals surface area contributed by atoms with Gasteiger partial charge in [0, 0.05) is 31.7 Å². The van der Waals surface area contributed by atoms with Crippen LogP contribution in [0.5, 0.6) is 11.5 Å². The number of hydrogen-bond acceptors (Lipinski definition) is 5. The van der Waals surface area contributed by atoms with Crippen LogP contribution in [-0.2, 0) is 7.05 Å². The Morgan fingerprint density at radius 3 is 2.75 bits per heavy atom. The predicted molar refractivity (Wildman–Crippen MR) is 101 cm³/mol. The third-order valence-corrected chi connectivity index (χ3v) is 7.03. The third-order valence-electron chi connectivity index (χ3n) is 7.03. The number of carbonyl (C=O) groups excluding carboxylic acids is 1. The topological polar surface area (TPSA) is 59.8 Å². The highest BCUT2D eigenvalue weighted by molar-refractivity contribution is 5.94. The van der Waals surface area contributed by atoms with Crippen molar-refractivity contribution in [2.45, 2.75) is 30.8 Å². The van der Waals surface area contributed by atoms with Gasteiger partial charge in [-0.25, -0.2) is 0 Å². The number of fused-ring (bicyclic) bond motifs is 3. The number of aryl methyl sites for hydroxylation is 1. The lowest BCUT2D eigenvalue weighted by Gasteiger charge is -2.51. The molecule has 7 rings (SSSR count). The number of amides is 1. The Morgan fingerprint density at radius 1 is 1.14 bits per heavy atom. The summed E-state index contributed by atoms with van der Waals surface area (Å²) in [4.78, 5) is 18.1. The molecule has 28 heavy (non-hydrogen) atoms. The molecule has 3 atom stereocenters. The lowest BCUT2D eigenvalue weighted by Crippen LogP contribution is -2.60. The first kappa shape index (κ1) is 16.4. The van der Waals surface area contributed by atoms with Crippen molar-refractivity contribution in [2.24, 2.45) is 13.0 Å². The van der Waals surface area contributed by atoms with Crippen molar-refractivity contribution in [1.29, 1.82) is 0 Å². The summed E-state index contributed by atoms with van der Waals surface area (Å²) >= 11 is 0. The van der Waals surface area contributed by atoms with E-state index in [1.165, 1.54) is 18.4 Å². The minimum atomic E-state index is 0.111. The Labute approximate surface area is 163 Å². The van der Waals surface area contributed by atoms with E-state index in [-0.39, 0.29) is 18.7 Å². The molecule has 7 heteroatoms. The molecule has 2 aromatic rings. The molecule has 0 aliphatic carbocycles. The van der Waals surface area contributed by atoms with Crippen molar-refractivity contribution < 1.29 is 14.3 Å². The normalized spacial score (nSPS) is 32.6. The number of ether oxygens (including phenoxy) is 2. The van der Waals surface area contributed by atoms with Crippen LogP contribution in [0.2, 0.25) is 0 Å². The van der Waals surface area contributed by atoms with E-state index in [1.54, 1.807) is 10.9 Å². The fraction of sp³-hybridized carbons (Fsp3) is 0.524. The van der Waals surface area contributed by atoms with Gasteiger partial charge < -0.3 is 14.4 Å². The van der Waals surface area contributed by atoms with E-state index in [0.29, 0.717) is 23.4 Å². The second-order valence-electron chi connectivity index (χ2n) is 8.43. The van der Waals surface area contributed by atoms with Crippen LogP contribution in [0.25, 0.3) is 0 Å². The van der Waals surface area contributed by atoms with Crippen LogP contribution in [0.4, 0.5) is 0 Å². The van der Waals surface area contributed by atoms with Crippen LogP contribution in [0.15, 0.2) is 30.6 Å². The second-order valence-corrected chi connectivity index (χ2v) is 8.43. The third kappa shape index (κ3) is 2.32. The van der Waals surface area contributed by atoms with Crippen LogP contribution in [0, 0.1) is 5.92 Å². The average molecular weight is 380 g/mol. The Balaban J connectivity index is 1.38. The van der Waals surface area contributed by atoms with Crippen LogP contribution >= 0.6 is 0 Å². The van der Waals surface area contributed by atoms with Crippen molar-refractivity contribution in [3.05, 3.63) is 41.7 Å². The molecule has 1 amide bonds. The Hall–Kier alpha value is -2.54. The summed E-state index contributed by atoms with van der Waals surface area (Å²) in [5.41, 5.74) is 1.93. The molecule has 5 aliphatic rings. The smallest absolute Gasteiger partial charge is 0.257 e. The van der Waals surface area contributed by atoms with Crippen LogP contribution < -0.4 is 9.47 Å². The van der Waals surface area contributed by atoms with Gasteiger partial charge >= 0.3 is 0 Å². The average Bonchev–Trinajstić information content (AvgIpc) is 3.46. The monoisotopic (exact) mass is 380 g/mol. The van der Waals surface area contributed by atoms with Crippen LogP contribution in [-0.4, -0.2) is 64.0 Å². The number of piperidine rings is 3. The van der Waals surface area contributed by atoms with Gasteiger partial charge in [0.15, 0.2) is 11.5 Å². The highest BCUT2D eigenvalue weighted by Crippen LogP contribution is 2.48. The zero-order chi connectivity index (χ0) is 18.8. The molecule has 6 heterocycles. The molecular weight excluding hydrogens is 356 g/mol. The van der Waals surface area contributed by atoms with Gasteiger partial charge in [-0.1, -0.05) is 6.07 Å². The summed E-state index contributed by atoms with van der Waals surface area (Å²) in [6.45, 7) is 3.31. The van der Waals surface area contributed by atoms with E-state index in [0.717, 1.165) is 31.1 Å². The quantitative estimate of drug-likeness (QED) is 0.796. The van der Waals surface area contributed by atoms with Crippen molar-refractivity contribution in [1.82, 2.24) is 19.6 Å². The SMILES string of the molecule is Cn1cc(C(=O)N2C[C@H](c3ccc4c(c3)OCO4)[C@H]3[C@@H]2C2CCN3CC2)cn1. The molecule has 2 bridgehead atoms. The van der Waals surface area contributed by atoms with Crippen molar-refractivity contribution in [2.75, 3.05) is 26.4 Å². The number of benzene rings is 1. The maximum absolute atomic E-state index is 13.4. The Kier molecular flexibility index (Phi) is 3.50. The van der Waals surface area contributed by atoms with Gasteiger partial charge in [0.05, 0.1) is 17.8 Å². The van der Waals surface area contributed by atoms with E-state index >= 15 is 0 Å². The number of likely N-dealkylation sites (tertiary alicyclic amines) is 1. The van der Waals surface area contributed by atoms with Crippen molar-refractivity contribution in [3.8, 4) is 11.5 Å². The minimum Gasteiger partial charge on any atom is -0.454 e. The van der Waals surface area contributed by atoms with Crippen molar-refractivity contribution in [3.63, 3.8) is 0 Å². The summed E-state index contributed by atoms with van der Waals surface area (Å²) in [5, 5.41) is 4.21. The lowest BCUT2D eigenvalue weighted by molar-refractivity contribution is -0.00341. The van der Waals surface area contributed by atoms with Gasteiger partial charge in [-0.3, -0.25) is 14.4 Å². The fourth-order valence-corrected chi connectivity index (χ4v) is 5.79. The molecule has 4 fully saturated rings. The van der Waals surface area contributed by atoms with E-state index in [4.69, 9.17) is 9.47 Å². The second kappa shape index (κ2) is 5.98. The van der Waals surface area contributed by atoms with Gasteiger partial charge in [0.2, 0.25) is 6.79 Å². The van der Waals surface area contributed by atoms with Gasteiger partial charge in [0.1, 0.15) is 0 Å². The summed E-state index contributed by atoms with van der Waals surface area (Å²) < 4.78 is 12.8. The van der Waals surface area contributed by atoms with Crippen LogP contribution in [0.1, 0.15) is 34.7 Å². The maximum Gasteiger partial charge on any atom is 0.257 e. The largest absolute Gasteiger partial charge is 0.454 e. The molecule has 0 saturated carbocycles. The molecule has 1 aromatic heterocycles. The van der Waals surface area contributed by atoms with Crippen LogP contribution in [0.3, 0.4) is 0 Å². The molecule has 146 valence electrons. The summed E-state index contributed by atoms with van der Waals surface area (Å²) in [6.07, 6.45) is 5.89. The lowest BCUT2D eigenvalue weighted by atomic mass is 9.75. The van der Waals surface area contributed by atoms with E-state index in [9.17, 15) is 4.79 Å². The van der Waals surface area contributed by atoms with Gasteiger partial charge in [-0.05, 0) is 49.5 Å². The summed E-state index contributed by atoms with van der Waals surface area (Å²) in [6, 6.07) is 6.94. The Bertz CT molecular complexity index is 933. The fourth-order valence-electron chi connectivity index (χ4n) is 5.79. The number of aromatic nitrogens is 2. The number of nitrogens with zero attached hydrogens (tertiary/aromatic N) is 4. The van der Waals surface area contributed by atoms with E-state index in [2.05, 4.69) is 27.0 Å². The molecule has 4 saturated heterocycles. The van der Waals surface area contributed by atoms with Gasteiger partial charge in [-0.2, -0.15) is 5.10 Å². The van der Waals surface area contributed by atoms with E-state index in [1.807, 2.05) is 19.3 Å². The molecular formula is C21H24N4O3. The maximum atomic E-state index is 13.4. The summed E-state index contributed by atoms with van der Waals surface area (Å²) in [5.74, 6) is 2.63. The van der Waals surface area contributed by atoms with Crippen molar-refractivity contribution >= 4 is 5.91 Å². The molecule has 0 radical (unpaired) electrons. The molecule has 7 nitrogen and oxygen atoms in total. The first-order valence-electron chi connectivity index (χ1n) is 10.1. The Morgan fingerprint density at radius 2 is 1.96 bits per heavy atom. The first-order chi connectivity index (χ1) is 13.7. The molecule has 1 aromatic carbocycles. The number of hydrogen-bond donors (Lipinski definition) is 0. The molecule has 0 N–H and O–H groups in total. The summed E-state index contributed by atoms with van der Waals surface area (Å²) in [7, 11) is 1.85. The molecule has 5 aliphatic heterocycles. The first-order valence-corrected chi connectivity index (χ1v) is 10.1. The zero-order valence-electron chi connectivity index (χ0n) is 16.0. The molecule has 0 unspecified atom stereocenters. The molecule has 0 spiro atoms.